The number of aliphatic hydroxyl groups is 3. The molecule has 1 rings (SSSR count). The number of aliphatic hydroxyl groups excluding tert-OH is 3. The first-order chi connectivity index (χ1) is 7.81. The van der Waals surface area contributed by atoms with Crippen molar-refractivity contribution in [3.63, 3.8) is 0 Å². The smallest absolute Gasteiger partial charge is 0.0576 e. The van der Waals surface area contributed by atoms with E-state index in [1.807, 2.05) is 0 Å². The first-order valence-electron chi connectivity index (χ1n) is 6.79. The van der Waals surface area contributed by atoms with Gasteiger partial charge in [0.2, 0.25) is 0 Å². The van der Waals surface area contributed by atoms with Crippen molar-refractivity contribution in [1.29, 1.82) is 0 Å². The maximum Gasteiger partial charge on any atom is 0.0576 e. The van der Waals surface area contributed by atoms with E-state index in [0.717, 1.165) is 12.8 Å². The standard InChI is InChI=1S/C14H28O3/c1-9(2)11-5-6-14(4,7-13(11)17)12(8-15)10(3)16/h9-13,15-17H,5-8H2,1-4H3/t10?,11-,12?,13+,14+/m0/s1. The van der Waals surface area contributed by atoms with Gasteiger partial charge < -0.3 is 15.3 Å². The summed E-state index contributed by atoms with van der Waals surface area (Å²) in [4.78, 5) is 0. The van der Waals surface area contributed by atoms with Crippen molar-refractivity contribution in [2.45, 2.75) is 59.2 Å². The molecule has 3 heteroatoms. The third kappa shape index (κ3) is 3.21. The second-order valence-corrected chi connectivity index (χ2v) is 6.40. The number of hydrogen-bond donors (Lipinski definition) is 3. The largest absolute Gasteiger partial charge is 0.396 e. The van der Waals surface area contributed by atoms with Gasteiger partial charge in [-0.05, 0) is 43.4 Å². The molecule has 0 aromatic carbocycles. The summed E-state index contributed by atoms with van der Waals surface area (Å²) in [5.41, 5.74) is -0.145. The highest BCUT2D eigenvalue weighted by Gasteiger charge is 2.44. The van der Waals surface area contributed by atoms with Crippen molar-refractivity contribution >= 4 is 0 Å². The summed E-state index contributed by atoms with van der Waals surface area (Å²) in [6.45, 7) is 8.10. The lowest BCUT2D eigenvalue weighted by Gasteiger charge is -2.46. The van der Waals surface area contributed by atoms with Crippen LogP contribution in [-0.4, -0.2) is 34.1 Å². The quantitative estimate of drug-likeness (QED) is 0.706. The fourth-order valence-electron chi connectivity index (χ4n) is 3.49. The van der Waals surface area contributed by atoms with Crippen LogP contribution in [0.5, 0.6) is 0 Å². The van der Waals surface area contributed by atoms with E-state index in [9.17, 15) is 15.3 Å². The zero-order valence-corrected chi connectivity index (χ0v) is 11.6. The van der Waals surface area contributed by atoms with Crippen LogP contribution in [0.4, 0.5) is 0 Å². The first kappa shape index (κ1) is 14.9. The van der Waals surface area contributed by atoms with Gasteiger partial charge in [0.05, 0.1) is 12.2 Å². The van der Waals surface area contributed by atoms with Crippen molar-refractivity contribution in [3.8, 4) is 0 Å². The summed E-state index contributed by atoms with van der Waals surface area (Å²) in [6.07, 6.45) is 1.82. The minimum atomic E-state index is -0.521. The summed E-state index contributed by atoms with van der Waals surface area (Å²) in [5, 5.41) is 29.4. The molecule has 0 aromatic heterocycles. The minimum absolute atomic E-state index is 0.00671. The van der Waals surface area contributed by atoms with Crippen LogP contribution in [0, 0.1) is 23.2 Å². The molecule has 3 N–H and O–H groups in total. The molecule has 2 unspecified atom stereocenters. The molecule has 0 heterocycles. The topological polar surface area (TPSA) is 60.7 Å². The molecule has 102 valence electrons. The lowest BCUT2D eigenvalue weighted by Crippen LogP contribution is -2.45. The number of rotatable bonds is 4. The molecule has 0 bridgehead atoms. The van der Waals surface area contributed by atoms with E-state index in [4.69, 9.17) is 0 Å². The molecule has 0 aliphatic heterocycles. The van der Waals surface area contributed by atoms with Crippen molar-refractivity contribution < 1.29 is 15.3 Å². The predicted molar refractivity (Wildman–Crippen MR) is 68.5 cm³/mol. The third-order valence-corrected chi connectivity index (χ3v) is 4.75. The van der Waals surface area contributed by atoms with Gasteiger partial charge in [-0.25, -0.2) is 0 Å². The highest BCUT2D eigenvalue weighted by Crippen LogP contribution is 2.46. The molecule has 1 aliphatic rings. The molecular weight excluding hydrogens is 216 g/mol. The Bertz CT molecular complexity index is 240. The predicted octanol–water partition coefficient (Wildman–Crippen LogP) is 1.80. The fourth-order valence-corrected chi connectivity index (χ4v) is 3.49. The van der Waals surface area contributed by atoms with Crippen LogP contribution >= 0.6 is 0 Å². The maximum atomic E-state index is 10.2. The van der Waals surface area contributed by atoms with Gasteiger partial charge in [-0.1, -0.05) is 20.8 Å². The van der Waals surface area contributed by atoms with E-state index >= 15 is 0 Å². The molecule has 1 fully saturated rings. The molecule has 0 aromatic rings. The van der Waals surface area contributed by atoms with Gasteiger partial charge in [0.15, 0.2) is 0 Å². The lowest BCUT2D eigenvalue weighted by molar-refractivity contribution is -0.0762. The van der Waals surface area contributed by atoms with E-state index in [1.165, 1.54) is 0 Å². The summed E-state index contributed by atoms with van der Waals surface area (Å²) in [7, 11) is 0. The first-order valence-corrected chi connectivity index (χ1v) is 6.79. The van der Waals surface area contributed by atoms with Crippen LogP contribution in [0.25, 0.3) is 0 Å². The summed E-state index contributed by atoms with van der Waals surface area (Å²) in [6, 6.07) is 0. The van der Waals surface area contributed by atoms with Gasteiger partial charge >= 0.3 is 0 Å². The lowest BCUT2D eigenvalue weighted by atomic mass is 9.61. The van der Waals surface area contributed by atoms with Crippen LogP contribution in [0.15, 0.2) is 0 Å². The fraction of sp³-hybridized carbons (Fsp3) is 1.00. The Kier molecular flexibility index (Phi) is 4.99. The Hall–Kier alpha value is -0.120. The van der Waals surface area contributed by atoms with Gasteiger partial charge in [0.25, 0.3) is 0 Å². The molecule has 1 aliphatic carbocycles. The van der Waals surface area contributed by atoms with Crippen LogP contribution in [0.3, 0.4) is 0 Å². The van der Waals surface area contributed by atoms with E-state index in [-0.39, 0.29) is 24.0 Å². The molecule has 3 nitrogen and oxygen atoms in total. The van der Waals surface area contributed by atoms with E-state index < -0.39 is 6.10 Å². The van der Waals surface area contributed by atoms with Gasteiger partial charge in [-0.3, -0.25) is 0 Å². The van der Waals surface area contributed by atoms with E-state index in [1.54, 1.807) is 6.92 Å². The Morgan fingerprint density at radius 2 is 1.88 bits per heavy atom. The van der Waals surface area contributed by atoms with Crippen molar-refractivity contribution in [2.24, 2.45) is 23.2 Å². The van der Waals surface area contributed by atoms with Crippen molar-refractivity contribution in [3.05, 3.63) is 0 Å². The van der Waals surface area contributed by atoms with Crippen molar-refractivity contribution in [2.75, 3.05) is 6.61 Å². The normalized spacial score (nSPS) is 38.1. The zero-order valence-electron chi connectivity index (χ0n) is 11.6. The molecule has 5 atom stereocenters. The summed E-state index contributed by atoms with van der Waals surface area (Å²) in [5.74, 6) is 0.718. The molecule has 0 spiro atoms. The van der Waals surface area contributed by atoms with E-state index in [2.05, 4.69) is 20.8 Å². The highest BCUT2D eigenvalue weighted by molar-refractivity contribution is 4.93. The van der Waals surface area contributed by atoms with E-state index in [0.29, 0.717) is 18.3 Å². The Labute approximate surface area is 105 Å². The van der Waals surface area contributed by atoms with Crippen LogP contribution in [0.2, 0.25) is 0 Å². The minimum Gasteiger partial charge on any atom is -0.396 e. The maximum absolute atomic E-state index is 10.2. The van der Waals surface area contributed by atoms with Crippen molar-refractivity contribution in [1.82, 2.24) is 0 Å². The zero-order chi connectivity index (χ0) is 13.2. The van der Waals surface area contributed by atoms with Gasteiger partial charge in [0, 0.05) is 12.5 Å². The van der Waals surface area contributed by atoms with Gasteiger partial charge in [0.1, 0.15) is 0 Å². The molecule has 0 radical (unpaired) electrons. The summed E-state index contributed by atoms with van der Waals surface area (Å²) >= 11 is 0. The second kappa shape index (κ2) is 5.68. The molecule has 0 saturated heterocycles. The second-order valence-electron chi connectivity index (χ2n) is 6.40. The van der Waals surface area contributed by atoms with Crippen LogP contribution in [0.1, 0.15) is 47.0 Å². The van der Waals surface area contributed by atoms with Gasteiger partial charge in [-0.2, -0.15) is 0 Å². The molecular formula is C14H28O3. The van der Waals surface area contributed by atoms with Crippen LogP contribution < -0.4 is 0 Å². The monoisotopic (exact) mass is 244 g/mol. The Morgan fingerprint density at radius 3 is 2.24 bits per heavy atom. The summed E-state index contributed by atoms with van der Waals surface area (Å²) < 4.78 is 0. The average molecular weight is 244 g/mol. The Morgan fingerprint density at radius 1 is 1.29 bits per heavy atom. The van der Waals surface area contributed by atoms with Crippen LogP contribution in [-0.2, 0) is 0 Å². The molecule has 17 heavy (non-hydrogen) atoms. The average Bonchev–Trinajstić information content (AvgIpc) is 2.16. The molecule has 1 saturated carbocycles. The molecule has 0 amide bonds. The third-order valence-electron chi connectivity index (χ3n) is 4.75. The Balaban J connectivity index is 2.75. The van der Waals surface area contributed by atoms with Gasteiger partial charge in [-0.15, -0.1) is 0 Å². The number of hydrogen-bond acceptors (Lipinski definition) is 3. The SMILES string of the molecule is CC(O)C(CO)[C@]1(C)CC[C@@H](C(C)C)[C@H](O)C1. The highest BCUT2D eigenvalue weighted by atomic mass is 16.3.